The highest BCUT2D eigenvalue weighted by Gasteiger charge is 2.26. The Hall–Kier alpha value is -3.06. The van der Waals surface area contributed by atoms with E-state index < -0.39 is 11.7 Å². The Morgan fingerprint density at radius 2 is 1.70 bits per heavy atom. The van der Waals surface area contributed by atoms with Gasteiger partial charge in [0.25, 0.3) is 0 Å². The van der Waals surface area contributed by atoms with Gasteiger partial charge in [-0.3, -0.25) is 15.0 Å². The van der Waals surface area contributed by atoms with E-state index in [9.17, 15) is 4.79 Å². The molecule has 7 nitrogen and oxygen atoms in total. The van der Waals surface area contributed by atoms with E-state index in [0.29, 0.717) is 27.9 Å². The van der Waals surface area contributed by atoms with Gasteiger partial charge in [-0.05, 0) is 45.0 Å². The highest BCUT2D eigenvalue weighted by molar-refractivity contribution is 6.30. The van der Waals surface area contributed by atoms with Gasteiger partial charge in [-0.1, -0.05) is 11.6 Å². The fourth-order valence-corrected chi connectivity index (χ4v) is 2.37. The predicted octanol–water partition coefficient (Wildman–Crippen LogP) is 4.66. The summed E-state index contributed by atoms with van der Waals surface area (Å²) in [6.07, 6.45) is 7.18. The van der Waals surface area contributed by atoms with Gasteiger partial charge >= 0.3 is 6.09 Å². The summed E-state index contributed by atoms with van der Waals surface area (Å²) in [5.74, 6) is 0.301. The van der Waals surface area contributed by atoms with Crippen molar-refractivity contribution in [2.75, 3.05) is 4.90 Å². The number of rotatable bonds is 3. The summed E-state index contributed by atoms with van der Waals surface area (Å²) in [7, 11) is 0. The number of ether oxygens (including phenoxy) is 1. The summed E-state index contributed by atoms with van der Waals surface area (Å²) in [5.41, 5.74) is 0.923. The largest absolute Gasteiger partial charge is 0.443 e. The Morgan fingerprint density at radius 1 is 1.00 bits per heavy atom. The van der Waals surface area contributed by atoms with Gasteiger partial charge in [-0.15, -0.1) is 0 Å². The first kappa shape index (κ1) is 18.7. The smallest absolute Gasteiger partial charge is 0.420 e. The van der Waals surface area contributed by atoms with Crippen molar-refractivity contribution < 1.29 is 9.53 Å². The molecule has 0 radical (unpaired) electrons. The molecule has 3 aromatic rings. The van der Waals surface area contributed by atoms with Crippen molar-refractivity contribution in [2.24, 2.45) is 0 Å². The number of benzene rings is 1. The number of amides is 1. The van der Waals surface area contributed by atoms with E-state index in [1.165, 1.54) is 11.1 Å². The van der Waals surface area contributed by atoms with E-state index in [0.717, 1.165) is 0 Å². The van der Waals surface area contributed by atoms with Crippen LogP contribution < -0.4 is 4.90 Å². The molecule has 0 bridgehead atoms. The van der Waals surface area contributed by atoms with Crippen molar-refractivity contribution in [3.05, 3.63) is 60.3 Å². The average molecular weight is 384 g/mol. The molecule has 1 amide bonds. The molecule has 0 spiro atoms. The number of nitrogens with zero attached hydrogens (tertiary/aromatic N) is 5. The second-order valence-corrected chi connectivity index (χ2v) is 7.08. The topological polar surface area (TPSA) is 81.1 Å². The monoisotopic (exact) mass is 383 g/mol. The lowest BCUT2D eigenvalue weighted by Gasteiger charge is -2.26. The van der Waals surface area contributed by atoms with Crippen LogP contribution in [0.2, 0.25) is 5.02 Å². The van der Waals surface area contributed by atoms with Crippen molar-refractivity contribution in [3.8, 4) is 11.4 Å². The Morgan fingerprint density at radius 3 is 2.33 bits per heavy atom. The summed E-state index contributed by atoms with van der Waals surface area (Å²) < 4.78 is 5.54. The normalized spacial score (nSPS) is 11.1. The molecular weight excluding hydrogens is 366 g/mol. The van der Waals surface area contributed by atoms with Crippen LogP contribution in [0, 0.1) is 0 Å². The first-order valence-corrected chi connectivity index (χ1v) is 8.58. The first-order valence-electron chi connectivity index (χ1n) is 8.20. The van der Waals surface area contributed by atoms with E-state index in [1.807, 2.05) is 0 Å². The number of carbonyl (C=O) groups is 1. The summed E-state index contributed by atoms with van der Waals surface area (Å²) in [5, 5.41) is 0.558. The van der Waals surface area contributed by atoms with Gasteiger partial charge in [0.15, 0.2) is 5.82 Å². The summed E-state index contributed by atoms with van der Waals surface area (Å²) in [6, 6.07) is 6.80. The molecule has 1 aromatic carbocycles. The van der Waals surface area contributed by atoms with E-state index >= 15 is 0 Å². The predicted molar refractivity (Wildman–Crippen MR) is 103 cm³/mol. The quantitative estimate of drug-likeness (QED) is 0.654. The number of halogens is 1. The fourth-order valence-electron chi connectivity index (χ4n) is 2.25. The molecular formula is C19H18ClN5O2. The minimum atomic E-state index is -0.669. The number of carbonyl (C=O) groups excluding carboxylic acids is 1. The number of anilines is 2. The second-order valence-electron chi connectivity index (χ2n) is 6.65. The molecule has 0 aliphatic carbocycles. The van der Waals surface area contributed by atoms with E-state index in [4.69, 9.17) is 16.3 Å². The standard InChI is InChI=1S/C19H18ClN5O2/c1-19(2,3)27-18(26)25(14-6-4-13(20)5-7-14)17-12-22-11-16(24-17)15-10-21-8-9-23-15/h4-12H,1-3H3. The zero-order chi connectivity index (χ0) is 19.4. The molecule has 0 fully saturated rings. The molecule has 0 aliphatic rings. The Kier molecular flexibility index (Phi) is 5.32. The number of hydrogen-bond acceptors (Lipinski definition) is 6. The number of aromatic nitrogens is 4. The average Bonchev–Trinajstić information content (AvgIpc) is 2.63. The van der Waals surface area contributed by atoms with Crippen LogP contribution >= 0.6 is 11.6 Å². The van der Waals surface area contributed by atoms with Crippen LogP contribution in [0.3, 0.4) is 0 Å². The SMILES string of the molecule is CC(C)(C)OC(=O)N(c1ccc(Cl)cc1)c1cncc(-c2cnccn2)n1. The lowest BCUT2D eigenvalue weighted by molar-refractivity contribution is 0.0598. The highest BCUT2D eigenvalue weighted by Crippen LogP contribution is 2.28. The van der Waals surface area contributed by atoms with Crippen LogP contribution in [0.1, 0.15) is 20.8 Å². The molecule has 2 heterocycles. The van der Waals surface area contributed by atoms with Gasteiger partial charge in [-0.2, -0.15) is 0 Å². The van der Waals surface area contributed by atoms with Crippen LogP contribution in [0.5, 0.6) is 0 Å². The third kappa shape index (κ3) is 4.77. The summed E-state index contributed by atoms with van der Waals surface area (Å²) >= 11 is 5.98. The maximum Gasteiger partial charge on any atom is 0.420 e. The Labute approximate surface area is 162 Å². The van der Waals surface area contributed by atoms with E-state index in [1.54, 1.807) is 69.8 Å². The molecule has 0 unspecified atom stereocenters. The van der Waals surface area contributed by atoms with Gasteiger partial charge in [-0.25, -0.2) is 14.7 Å². The third-order valence-electron chi connectivity index (χ3n) is 3.34. The van der Waals surface area contributed by atoms with E-state index in [-0.39, 0.29) is 0 Å². The molecule has 0 atom stereocenters. The van der Waals surface area contributed by atoms with Crippen LogP contribution in [-0.4, -0.2) is 31.6 Å². The molecule has 27 heavy (non-hydrogen) atoms. The molecule has 8 heteroatoms. The van der Waals surface area contributed by atoms with E-state index in [2.05, 4.69) is 19.9 Å². The van der Waals surface area contributed by atoms with Crippen molar-refractivity contribution in [3.63, 3.8) is 0 Å². The molecule has 2 aromatic heterocycles. The Balaban J connectivity index is 2.05. The zero-order valence-electron chi connectivity index (χ0n) is 15.1. The summed E-state index contributed by atoms with van der Waals surface area (Å²) in [6.45, 7) is 5.39. The molecule has 0 saturated carbocycles. The minimum absolute atomic E-state index is 0.301. The lowest BCUT2D eigenvalue weighted by Crippen LogP contribution is -2.34. The van der Waals surface area contributed by atoms with Gasteiger partial charge in [0, 0.05) is 17.4 Å². The Bertz CT molecular complexity index is 927. The molecule has 0 saturated heterocycles. The van der Waals surface area contributed by atoms with Gasteiger partial charge in [0.1, 0.15) is 17.0 Å². The van der Waals surface area contributed by atoms with Crippen LogP contribution in [0.4, 0.5) is 16.3 Å². The van der Waals surface area contributed by atoms with Crippen molar-refractivity contribution in [2.45, 2.75) is 26.4 Å². The van der Waals surface area contributed by atoms with Gasteiger partial charge < -0.3 is 4.74 Å². The fraction of sp³-hybridized carbons (Fsp3) is 0.211. The third-order valence-corrected chi connectivity index (χ3v) is 3.59. The minimum Gasteiger partial charge on any atom is -0.443 e. The van der Waals surface area contributed by atoms with Crippen molar-refractivity contribution >= 4 is 29.2 Å². The number of hydrogen-bond donors (Lipinski definition) is 0. The van der Waals surface area contributed by atoms with Gasteiger partial charge in [0.2, 0.25) is 0 Å². The zero-order valence-corrected chi connectivity index (χ0v) is 15.9. The van der Waals surface area contributed by atoms with Crippen molar-refractivity contribution in [1.82, 2.24) is 19.9 Å². The highest BCUT2D eigenvalue weighted by atomic mass is 35.5. The second kappa shape index (κ2) is 7.67. The molecule has 3 rings (SSSR count). The molecule has 0 N–H and O–H groups in total. The maximum atomic E-state index is 12.9. The lowest BCUT2D eigenvalue weighted by atomic mass is 10.2. The van der Waals surface area contributed by atoms with Crippen LogP contribution in [0.25, 0.3) is 11.4 Å². The molecule has 138 valence electrons. The van der Waals surface area contributed by atoms with Gasteiger partial charge in [0.05, 0.1) is 24.3 Å². The van der Waals surface area contributed by atoms with Crippen LogP contribution in [0.15, 0.2) is 55.2 Å². The van der Waals surface area contributed by atoms with Crippen molar-refractivity contribution in [1.29, 1.82) is 0 Å². The first-order chi connectivity index (χ1) is 12.8. The van der Waals surface area contributed by atoms with Crippen LogP contribution in [-0.2, 0) is 4.74 Å². The summed E-state index contributed by atoms with van der Waals surface area (Å²) in [4.78, 5) is 31.2. The maximum absolute atomic E-state index is 12.9. The molecule has 0 aliphatic heterocycles.